The number of thiazole rings is 1. The molecule has 8 nitrogen and oxygen atoms in total. The highest BCUT2D eigenvalue weighted by atomic mass is 35.5. The van der Waals surface area contributed by atoms with Crippen LogP contribution in [0.2, 0.25) is 10.0 Å². The SMILES string of the molecule is CCOC(=O)C1=C(C)N=c2s/c(=C\c3c(Cl)cccc3Cl)c(=O)n2C1c1ccc(OC(C)=O)c(OC)c1. The van der Waals surface area contributed by atoms with E-state index in [0.29, 0.717) is 36.2 Å². The first-order valence-electron chi connectivity index (χ1n) is 11.2. The molecule has 2 heterocycles. The van der Waals surface area contributed by atoms with Crippen LogP contribution in [0.1, 0.15) is 37.9 Å². The molecule has 0 N–H and O–H groups in total. The summed E-state index contributed by atoms with van der Waals surface area (Å²) in [6.07, 6.45) is 1.61. The van der Waals surface area contributed by atoms with Gasteiger partial charge in [0.25, 0.3) is 5.56 Å². The maximum Gasteiger partial charge on any atom is 0.338 e. The van der Waals surface area contributed by atoms with Crippen molar-refractivity contribution in [3.8, 4) is 11.5 Å². The second kappa shape index (κ2) is 10.9. The second-order valence-corrected chi connectivity index (χ2v) is 9.77. The lowest BCUT2D eigenvalue weighted by molar-refractivity contribution is -0.139. The largest absolute Gasteiger partial charge is 0.493 e. The molecule has 0 amide bonds. The van der Waals surface area contributed by atoms with E-state index in [2.05, 4.69) is 4.99 Å². The molecule has 192 valence electrons. The number of halogens is 2. The number of aromatic nitrogens is 1. The van der Waals surface area contributed by atoms with Crippen LogP contribution in [0.15, 0.2) is 57.5 Å². The lowest BCUT2D eigenvalue weighted by Crippen LogP contribution is -2.40. The van der Waals surface area contributed by atoms with Crippen molar-refractivity contribution in [2.45, 2.75) is 26.8 Å². The van der Waals surface area contributed by atoms with Gasteiger partial charge >= 0.3 is 11.9 Å². The Kier molecular flexibility index (Phi) is 7.87. The van der Waals surface area contributed by atoms with E-state index in [9.17, 15) is 14.4 Å². The van der Waals surface area contributed by atoms with E-state index < -0.39 is 18.0 Å². The van der Waals surface area contributed by atoms with Crippen LogP contribution in [0, 0.1) is 0 Å². The maximum atomic E-state index is 13.7. The Labute approximate surface area is 226 Å². The predicted octanol–water partition coefficient (Wildman–Crippen LogP) is 4.04. The van der Waals surface area contributed by atoms with E-state index in [1.54, 1.807) is 56.3 Å². The number of hydrogen-bond acceptors (Lipinski definition) is 8. The van der Waals surface area contributed by atoms with Gasteiger partial charge in [-0.15, -0.1) is 0 Å². The molecule has 0 aliphatic carbocycles. The van der Waals surface area contributed by atoms with Crippen molar-refractivity contribution in [3.63, 3.8) is 0 Å². The topological polar surface area (TPSA) is 96.2 Å². The van der Waals surface area contributed by atoms with Crippen LogP contribution in [-0.2, 0) is 14.3 Å². The number of carbonyl (C=O) groups is 2. The van der Waals surface area contributed by atoms with Gasteiger partial charge in [-0.1, -0.05) is 46.7 Å². The highest BCUT2D eigenvalue weighted by Gasteiger charge is 2.34. The van der Waals surface area contributed by atoms with Crippen molar-refractivity contribution in [2.75, 3.05) is 13.7 Å². The fourth-order valence-corrected chi connectivity index (χ4v) is 5.51. The van der Waals surface area contributed by atoms with Crippen LogP contribution >= 0.6 is 34.5 Å². The zero-order chi connectivity index (χ0) is 26.9. The number of methoxy groups -OCH3 is 1. The molecule has 0 spiro atoms. The number of esters is 2. The molecule has 4 rings (SSSR count). The molecule has 1 atom stereocenters. The minimum Gasteiger partial charge on any atom is -0.493 e. The minimum atomic E-state index is -0.876. The molecule has 0 radical (unpaired) electrons. The number of nitrogens with zero attached hydrogens (tertiary/aromatic N) is 2. The smallest absolute Gasteiger partial charge is 0.338 e. The summed E-state index contributed by atoms with van der Waals surface area (Å²) in [4.78, 5) is 43.3. The van der Waals surface area contributed by atoms with Gasteiger partial charge in [0.15, 0.2) is 16.3 Å². The Balaban J connectivity index is 1.98. The fourth-order valence-electron chi connectivity index (χ4n) is 3.98. The van der Waals surface area contributed by atoms with E-state index in [-0.39, 0.29) is 29.2 Å². The molecule has 2 aromatic carbocycles. The Bertz CT molecular complexity index is 1600. The standard InChI is InChI=1S/C26H22Cl2N2O6S/c1-5-35-25(33)22-13(2)29-26-30(23(22)15-9-10-19(36-14(3)31)20(11-15)34-4)24(32)21(37-26)12-16-17(27)7-6-8-18(16)28/h6-12,23H,5H2,1-4H3/b21-12-. The zero-order valence-corrected chi connectivity index (χ0v) is 22.7. The van der Waals surface area contributed by atoms with Crippen molar-refractivity contribution in [2.24, 2.45) is 4.99 Å². The lowest BCUT2D eigenvalue weighted by Gasteiger charge is -2.25. The first-order chi connectivity index (χ1) is 17.7. The molecule has 0 bridgehead atoms. The highest BCUT2D eigenvalue weighted by Crippen LogP contribution is 2.36. The van der Waals surface area contributed by atoms with Crippen LogP contribution in [0.4, 0.5) is 0 Å². The van der Waals surface area contributed by atoms with Gasteiger partial charge in [-0.2, -0.15) is 0 Å². The van der Waals surface area contributed by atoms with Gasteiger partial charge in [0, 0.05) is 22.5 Å². The number of allylic oxidation sites excluding steroid dienone is 1. The normalized spacial score (nSPS) is 15.2. The Morgan fingerprint density at radius 1 is 1.16 bits per heavy atom. The lowest BCUT2D eigenvalue weighted by atomic mass is 9.95. The first-order valence-corrected chi connectivity index (χ1v) is 12.7. The van der Waals surface area contributed by atoms with Crippen LogP contribution in [0.5, 0.6) is 11.5 Å². The molecule has 1 unspecified atom stereocenters. The molecule has 0 saturated heterocycles. The van der Waals surface area contributed by atoms with Crippen molar-refractivity contribution >= 4 is 52.6 Å². The molecular formula is C26H22Cl2N2O6S. The molecule has 1 aliphatic heterocycles. The first kappa shape index (κ1) is 26.7. The maximum absolute atomic E-state index is 13.7. The third kappa shape index (κ3) is 5.20. The van der Waals surface area contributed by atoms with Gasteiger partial charge < -0.3 is 14.2 Å². The van der Waals surface area contributed by atoms with Crippen molar-refractivity contribution in [1.29, 1.82) is 0 Å². The molecule has 11 heteroatoms. The summed E-state index contributed by atoms with van der Waals surface area (Å²) in [5.74, 6) is -0.645. The van der Waals surface area contributed by atoms with E-state index in [1.165, 1.54) is 18.6 Å². The van der Waals surface area contributed by atoms with Gasteiger partial charge in [-0.05, 0) is 49.8 Å². The summed E-state index contributed by atoms with van der Waals surface area (Å²) in [7, 11) is 1.43. The van der Waals surface area contributed by atoms with E-state index in [4.69, 9.17) is 37.4 Å². The van der Waals surface area contributed by atoms with Crippen molar-refractivity contribution in [3.05, 3.63) is 88.5 Å². The summed E-state index contributed by atoms with van der Waals surface area (Å²) >= 11 is 13.8. The number of hydrogen-bond donors (Lipinski definition) is 0. The van der Waals surface area contributed by atoms with E-state index >= 15 is 0 Å². The van der Waals surface area contributed by atoms with Crippen molar-refractivity contribution < 1.29 is 23.8 Å². The zero-order valence-electron chi connectivity index (χ0n) is 20.3. The van der Waals surface area contributed by atoms with Crippen LogP contribution < -0.4 is 24.4 Å². The Morgan fingerprint density at radius 2 is 1.86 bits per heavy atom. The Morgan fingerprint density at radius 3 is 2.49 bits per heavy atom. The molecule has 0 fully saturated rings. The van der Waals surface area contributed by atoms with Gasteiger partial charge in [0.05, 0.1) is 35.6 Å². The monoisotopic (exact) mass is 560 g/mol. The summed E-state index contributed by atoms with van der Waals surface area (Å²) in [5.41, 5.74) is 1.27. The second-order valence-electron chi connectivity index (χ2n) is 7.94. The molecule has 1 aromatic heterocycles. The van der Waals surface area contributed by atoms with Crippen LogP contribution in [-0.4, -0.2) is 30.2 Å². The minimum absolute atomic E-state index is 0.145. The highest BCUT2D eigenvalue weighted by molar-refractivity contribution is 7.07. The molecule has 3 aromatic rings. The number of carbonyl (C=O) groups excluding carboxylic acids is 2. The third-order valence-corrected chi connectivity index (χ3v) is 7.19. The Hall–Kier alpha value is -3.40. The van der Waals surface area contributed by atoms with Crippen molar-refractivity contribution in [1.82, 2.24) is 4.57 Å². The van der Waals surface area contributed by atoms with E-state index in [0.717, 1.165) is 11.3 Å². The quantitative estimate of drug-likeness (QED) is 0.333. The average Bonchev–Trinajstić information content (AvgIpc) is 3.15. The fraction of sp³-hybridized carbons (Fsp3) is 0.231. The van der Waals surface area contributed by atoms with Crippen LogP contribution in [0.3, 0.4) is 0 Å². The molecule has 0 saturated carbocycles. The predicted molar refractivity (Wildman–Crippen MR) is 141 cm³/mol. The number of ether oxygens (including phenoxy) is 3. The van der Waals surface area contributed by atoms with Gasteiger partial charge in [0.2, 0.25) is 0 Å². The molecule has 37 heavy (non-hydrogen) atoms. The number of benzene rings is 2. The molecular weight excluding hydrogens is 539 g/mol. The molecule has 1 aliphatic rings. The van der Waals surface area contributed by atoms with Crippen LogP contribution in [0.25, 0.3) is 6.08 Å². The summed E-state index contributed by atoms with van der Waals surface area (Å²) in [6, 6.07) is 9.02. The summed E-state index contributed by atoms with van der Waals surface area (Å²) in [6.45, 7) is 4.81. The van der Waals surface area contributed by atoms with Gasteiger partial charge in [-0.25, -0.2) is 9.79 Å². The number of fused-ring (bicyclic) bond motifs is 1. The third-order valence-electron chi connectivity index (χ3n) is 5.55. The van der Waals surface area contributed by atoms with Gasteiger partial charge in [0.1, 0.15) is 0 Å². The average molecular weight is 561 g/mol. The summed E-state index contributed by atoms with van der Waals surface area (Å²) < 4.78 is 17.7. The van der Waals surface area contributed by atoms with E-state index in [1.807, 2.05) is 0 Å². The summed E-state index contributed by atoms with van der Waals surface area (Å²) in [5, 5.41) is 0.785. The van der Waals surface area contributed by atoms with Gasteiger partial charge in [-0.3, -0.25) is 14.2 Å². The number of rotatable bonds is 6.